The third-order valence-electron chi connectivity index (χ3n) is 5.20. The van der Waals surface area contributed by atoms with Gasteiger partial charge in [0.1, 0.15) is 5.75 Å². The van der Waals surface area contributed by atoms with Crippen molar-refractivity contribution in [2.45, 2.75) is 20.4 Å². The normalized spacial score (nSPS) is 15.9. The molecule has 1 aromatic heterocycles. The summed E-state index contributed by atoms with van der Waals surface area (Å²) in [4.78, 5) is 12.7. The number of hydrogen-bond acceptors (Lipinski definition) is 5. The molecule has 156 valence electrons. The van der Waals surface area contributed by atoms with Crippen LogP contribution in [-0.2, 0) is 22.9 Å². The molecule has 0 atom stereocenters. The van der Waals surface area contributed by atoms with Crippen molar-refractivity contribution >= 4 is 12.6 Å². The fourth-order valence-corrected chi connectivity index (χ4v) is 3.45. The van der Waals surface area contributed by atoms with Gasteiger partial charge in [-0.15, -0.1) is 5.10 Å². The molecule has 4 rings (SSSR count). The lowest BCUT2D eigenvalue weighted by Gasteiger charge is -2.33. The summed E-state index contributed by atoms with van der Waals surface area (Å²) in [6.45, 7) is 5.98. The van der Waals surface area contributed by atoms with Crippen molar-refractivity contribution in [2.24, 2.45) is 12.5 Å². The average molecular weight is 407 g/mol. The second-order valence-corrected chi connectivity index (χ2v) is 8.40. The van der Waals surface area contributed by atoms with E-state index in [0.29, 0.717) is 25.6 Å². The van der Waals surface area contributed by atoms with Gasteiger partial charge in [-0.05, 0) is 23.2 Å². The first-order valence-corrected chi connectivity index (χ1v) is 9.97. The number of methoxy groups -OCH3 is 1. The monoisotopic (exact) mass is 407 g/mol. The molecule has 1 fully saturated rings. The number of rotatable bonds is 5. The van der Waals surface area contributed by atoms with E-state index in [-0.39, 0.29) is 18.2 Å². The summed E-state index contributed by atoms with van der Waals surface area (Å²) in [5.74, 6) is 1.40. The highest BCUT2D eigenvalue weighted by molar-refractivity contribution is 6.61. The second-order valence-electron chi connectivity index (χ2n) is 8.40. The summed E-state index contributed by atoms with van der Waals surface area (Å²) in [6, 6.07) is 15.5. The average Bonchev–Trinajstić information content (AvgIpc) is 3.03. The highest BCUT2D eigenvalue weighted by atomic mass is 16.6. The van der Waals surface area contributed by atoms with Gasteiger partial charge in [-0.25, -0.2) is 9.48 Å². The molecular formula is C22H26BN3O4. The predicted molar refractivity (Wildman–Crippen MR) is 116 cm³/mol. The van der Waals surface area contributed by atoms with Crippen molar-refractivity contribution in [1.29, 1.82) is 0 Å². The highest BCUT2D eigenvalue weighted by Gasteiger charge is 2.33. The SMILES string of the molecule is COc1ccc(Cn2c(-c3ccc(B4OCC(C)(C)CO4)cc3)nn(C)c2=O)cc1. The Labute approximate surface area is 176 Å². The molecule has 8 heteroatoms. The first-order valence-electron chi connectivity index (χ1n) is 9.97. The molecule has 30 heavy (non-hydrogen) atoms. The maximum Gasteiger partial charge on any atom is 0.493 e. The molecule has 3 aromatic rings. The van der Waals surface area contributed by atoms with Crippen LogP contribution in [0, 0.1) is 5.41 Å². The van der Waals surface area contributed by atoms with Gasteiger partial charge in [0.05, 0.1) is 13.7 Å². The Morgan fingerprint density at radius 3 is 2.30 bits per heavy atom. The standard InChI is InChI=1S/C22H26BN3O4/c1-22(2)14-29-23(30-15-22)18-9-7-17(8-10-18)20-24-25(3)21(27)26(20)13-16-5-11-19(28-4)12-6-16/h5-12H,13-15H2,1-4H3. The Kier molecular flexibility index (Phi) is 5.53. The first-order chi connectivity index (χ1) is 14.4. The molecule has 0 aliphatic carbocycles. The number of ether oxygens (including phenoxy) is 1. The van der Waals surface area contributed by atoms with Crippen LogP contribution in [0.1, 0.15) is 19.4 Å². The van der Waals surface area contributed by atoms with Crippen LogP contribution >= 0.6 is 0 Å². The van der Waals surface area contributed by atoms with E-state index in [1.54, 1.807) is 18.7 Å². The predicted octanol–water partition coefficient (Wildman–Crippen LogP) is 2.07. The molecule has 0 unspecified atom stereocenters. The van der Waals surface area contributed by atoms with E-state index in [0.717, 1.165) is 22.3 Å². The van der Waals surface area contributed by atoms with Crippen molar-refractivity contribution < 1.29 is 14.0 Å². The van der Waals surface area contributed by atoms with E-state index in [1.807, 2.05) is 48.5 Å². The molecule has 1 aliphatic heterocycles. The van der Waals surface area contributed by atoms with Gasteiger partial charge in [0.15, 0.2) is 5.82 Å². The third-order valence-corrected chi connectivity index (χ3v) is 5.20. The van der Waals surface area contributed by atoms with Gasteiger partial charge >= 0.3 is 12.8 Å². The fourth-order valence-electron chi connectivity index (χ4n) is 3.45. The molecule has 0 saturated carbocycles. The molecule has 7 nitrogen and oxygen atoms in total. The Morgan fingerprint density at radius 1 is 1.07 bits per heavy atom. The Hall–Kier alpha value is -2.84. The first kappa shape index (κ1) is 20.4. The lowest BCUT2D eigenvalue weighted by molar-refractivity contribution is 0.0343. The lowest BCUT2D eigenvalue weighted by atomic mass is 9.75. The lowest BCUT2D eigenvalue weighted by Crippen LogP contribution is -2.47. The van der Waals surface area contributed by atoms with Gasteiger partial charge < -0.3 is 14.0 Å². The Morgan fingerprint density at radius 2 is 1.70 bits per heavy atom. The number of aromatic nitrogens is 3. The topological polar surface area (TPSA) is 67.5 Å². The summed E-state index contributed by atoms with van der Waals surface area (Å²) in [5.41, 5.74) is 2.68. The Balaban J connectivity index is 1.58. The van der Waals surface area contributed by atoms with Crippen LogP contribution in [-0.4, -0.2) is 41.8 Å². The number of nitrogens with zero attached hydrogens (tertiary/aromatic N) is 3. The van der Waals surface area contributed by atoms with Crippen LogP contribution < -0.4 is 15.9 Å². The van der Waals surface area contributed by atoms with Gasteiger partial charge in [-0.2, -0.15) is 0 Å². The molecule has 2 heterocycles. The van der Waals surface area contributed by atoms with Crippen LogP contribution in [0.25, 0.3) is 11.4 Å². The van der Waals surface area contributed by atoms with Gasteiger partial charge in [-0.3, -0.25) is 4.57 Å². The van der Waals surface area contributed by atoms with E-state index in [4.69, 9.17) is 14.0 Å². The number of benzene rings is 2. The van der Waals surface area contributed by atoms with Crippen molar-refractivity contribution in [3.8, 4) is 17.1 Å². The van der Waals surface area contributed by atoms with Crippen LogP contribution in [0.3, 0.4) is 0 Å². The minimum atomic E-state index is -0.364. The molecule has 0 bridgehead atoms. The smallest absolute Gasteiger partial charge is 0.493 e. The summed E-state index contributed by atoms with van der Waals surface area (Å²) < 4.78 is 20.0. The zero-order valence-corrected chi connectivity index (χ0v) is 17.8. The summed E-state index contributed by atoms with van der Waals surface area (Å²) in [6.07, 6.45) is 0. The maximum absolute atomic E-state index is 12.7. The fraction of sp³-hybridized carbons (Fsp3) is 0.364. The van der Waals surface area contributed by atoms with E-state index in [2.05, 4.69) is 18.9 Å². The van der Waals surface area contributed by atoms with Gasteiger partial charge in [0, 0.05) is 31.2 Å². The quantitative estimate of drug-likeness (QED) is 0.606. The van der Waals surface area contributed by atoms with E-state index in [1.165, 1.54) is 4.68 Å². The largest absolute Gasteiger partial charge is 0.497 e. The summed E-state index contributed by atoms with van der Waals surface area (Å²) in [7, 11) is 2.93. The summed E-state index contributed by atoms with van der Waals surface area (Å²) in [5, 5.41) is 4.45. The van der Waals surface area contributed by atoms with E-state index < -0.39 is 0 Å². The van der Waals surface area contributed by atoms with Crippen LogP contribution in [0.4, 0.5) is 0 Å². The molecule has 1 aliphatic rings. The van der Waals surface area contributed by atoms with Crippen molar-refractivity contribution in [1.82, 2.24) is 14.3 Å². The zero-order valence-electron chi connectivity index (χ0n) is 17.8. The van der Waals surface area contributed by atoms with Crippen LogP contribution in [0.15, 0.2) is 53.3 Å². The van der Waals surface area contributed by atoms with Crippen molar-refractivity contribution in [3.63, 3.8) is 0 Å². The zero-order chi connectivity index (χ0) is 21.3. The summed E-state index contributed by atoms with van der Waals surface area (Å²) >= 11 is 0. The van der Waals surface area contributed by atoms with Gasteiger partial charge in [0.25, 0.3) is 0 Å². The Bertz CT molecular complexity index is 1060. The van der Waals surface area contributed by atoms with E-state index in [9.17, 15) is 4.79 Å². The van der Waals surface area contributed by atoms with Gasteiger partial charge in [-0.1, -0.05) is 50.2 Å². The maximum atomic E-state index is 12.7. The molecule has 2 aromatic carbocycles. The highest BCUT2D eigenvalue weighted by Crippen LogP contribution is 2.22. The number of hydrogen-bond donors (Lipinski definition) is 0. The molecule has 0 N–H and O–H groups in total. The molecule has 0 spiro atoms. The van der Waals surface area contributed by atoms with Gasteiger partial charge in [0.2, 0.25) is 0 Å². The molecule has 1 saturated heterocycles. The minimum Gasteiger partial charge on any atom is -0.497 e. The van der Waals surface area contributed by atoms with Crippen molar-refractivity contribution in [3.05, 3.63) is 64.6 Å². The minimum absolute atomic E-state index is 0.0297. The molecule has 0 radical (unpaired) electrons. The number of aryl methyl sites for hydroxylation is 1. The van der Waals surface area contributed by atoms with Crippen LogP contribution in [0.2, 0.25) is 0 Å². The second kappa shape index (κ2) is 8.12. The molecule has 0 amide bonds. The van der Waals surface area contributed by atoms with Crippen molar-refractivity contribution in [2.75, 3.05) is 20.3 Å². The van der Waals surface area contributed by atoms with Crippen LogP contribution in [0.5, 0.6) is 5.75 Å². The molecular weight excluding hydrogens is 381 g/mol. The third kappa shape index (κ3) is 4.20. The van der Waals surface area contributed by atoms with E-state index >= 15 is 0 Å².